The fourth-order valence-electron chi connectivity index (χ4n) is 3.41. The smallest absolute Gasteiger partial charge is 0.340 e. The molecule has 144 valence electrons. The number of aryl methyl sites for hydroxylation is 4. The standard InChI is InChI=1S/C23H24N2O3/c1-5-17-10-8-9-14(2)22(17)25-20(26)13-28-23(27)21-15(3)18-11-6-7-12-19(18)24-16(21)4/h6-12H,5,13H2,1-4H3,(H,25,26). The summed E-state index contributed by atoms with van der Waals surface area (Å²) in [5.41, 5.74) is 5.45. The lowest BCUT2D eigenvalue weighted by Crippen LogP contribution is -2.23. The number of benzene rings is 2. The van der Waals surface area contributed by atoms with Gasteiger partial charge in [-0.2, -0.15) is 0 Å². The molecule has 3 aromatic rings. The normalized spacial score (nSPS) is 10.7. The predicted molar refractivity (Wildman–Crippen MR) is 111 cm³/mol. The van der Waals surface area contributed by atoms with E-state index in [1.54, 1.807) is 6.92 Å². The minimum Gasteiger partial charge on any atom is -0.452 e. The molecule has 0 radical (unpaired) electrons. The molecule has 0 aliphatic heterocycles. The number of ether oxygens (including phenoxy) is 1. The number of nitrogens with zero attached hydrogens (tertiary/aromatic N) is 1. The molecule has 1 heterocycles. The molecule has 0 bridgehead atoms. The van der Waals surface area contributed by atoms with Crippen molar-refractivity contribution in [2.24, 2.45) is 0 Å². The quantitative estimate of drug-likeness (QED) is 0.665. The first kappa shape index (κ1) is 19.5. The van der Waals surface area contributed by atoms with Crippen LogP contribution >= 0.6 is 0 Å². The largest absolute Gasteiger partial charge is 0.452 e. The molecular formula is C23H24N2O3. The van der Waals surface area contributed by atoms with E-state index >= 15 is 0 Å². The van der Waals surface area contributed by atoms with Crippen LogP contribution in [-0.2, 0) is 16.0 Å². The molecule has 0 unspecified atom stereocenters. The first-order valence-corrected chi connectivity index (χ1v) is 9.33. The van der Waals surface area contributed by atoms with E-state index in [1.807, 2.05) is 63.2 Å². The zero-order valence-electron chi connectivity index (χ0n) is 16.6. The Morgan fingerprint density at radius 2 is 1.79 bits per heavy atom. The van der Waals surface area contributed by atoms with E-state index < -0.39 is 5.97 Å². The summed E-state index contributed by atoms with van der Waals surface area (Å²) >= 11 is 0. The van der Waals surface area contributed by atoms with Crippen LogP contribution < -0.4 is 5.32 Å². The van der Waals surface area contributed by atoms with Gasteiger partial charge in [0.2, 0.25) is 0 Å². The maximum Gasteiger partial charge on any atom is 0.340 e. The molecule has 0 fully saturated rings. The maximum absolute atomic E-state index is 12.6. The number of para-hydroxylation sites is 2. The van der Waals surface area contributed by atoms with Crippen molar-refractivity contribution in [3.63, 3.8) is 0 Å². The van der Waals surface area contributed by atoms with Gasteiger partial charge in [0.15, 0.2) is 6.61 Å². The fraction of sp³-hybridized carbons (Fsp3) is 0.261. The molecule has 0 aliphatic carbocycles. The van der Waals surface area contributed by atoms with Crippen molar-refractivity contribution in [2.45, 2.75) is 34.1 Å². The summed E-state index contributed by atoms with van der Waals surface area (Å²) in [6.45, 7) is 7.27. The molecule has 0 aliphatic rings. The van der Waals surface area contributed by atoms with E-state index in [4.69, 9.17) is 4.74 Å². The molecule has 3 rings (SSSR count). The van der Waals surface area contributed by atoms with Gasteiger partial charge < -0.3 is 10.1 Å². The van der Waals surface area contributed by atoms with Crippen LogP contribution in [0, 0.1) is 20.8 Å². The lowest BCUT2D eigenvalue weighted by atomic mass is 10.0. The summed E-state index contributed by atoms with van der Waals surface area (Å²) in [6, 6.07) is 13.5. The van der Waals surface area contributed by atoms with Crippen LogP contribution in [0.1, 0.15) is 39.7 Å². The molecule has 5 nitrogen and oxygen atoms in total. The lowest BCUT2D eigenvalue weighted by molar-refractivity contribution is -0.119. The topological polar surface area (TPSA) is 68.3 Å². The molecule has 1 amide bonds. The highest BCUT2D eigenvalue weighted by atomic mass is 16.5. The molecule has 5 heteroatoms. The average Bonchev–Trinajstić information content (AvgIpc) is 2.68. The molecule has 1 aromatic heterocycles. The molecule has 1 N–H and O–H groups in total. The number of amides is 1. The van der Waals surface area contributed by atoms with Crippen molar-refractivity contribution in [1.29, 1.82) is 0 Å². The van der Waals surface area contributed by atoms with E-state index in [2.05, 4.69) is 10.3 Å². The Morgan fingerprint density at radius 3 is 2.54 bits per heavy atom. The van der Waals surface area contributed by atoms with Gasteiger partial charge in [0.25, 0.3) is 5.91 Å². The first-order valence-electron chi connectivity index (χ1n) is 9.33. The summed E-state index contributed by atoms with van der Waals surface area (Å²) < 4.78 is 5.30. The Morgan fingerprint density at radius 1 is 1.04 bits per heavy atom. The number of carbonyl (C=O) groups is 2. The number of fused-ring (bicyclic) bond motifs is 1. The Kier molecular flexibility index (Phi) is 5.73. The number of anilines is 1. The zero-order valence-corrected chi connectivity index (χ0v) is 16.6. The van der Waals surface area contributed by atoms with Crippen LogP contribution in [0.4, 0.5) is 5.69 Å². The third-order valence-electron chi connectivity index (χ3n) is 4.88. The predicted octanol–water partition coefficient (Wildman–Crippen LogP) is 4.52. The second kappa shape index (κ2) is 8.21. The Hall–Kier alpha value is -3.21. The second-order valence-corrected chi connectivity index (χ2v) is 6.80. The number of esters is 1. The highest BCUT2D eigenvalue weighted by molar-refractivity contribution is 6.00. The monoisotopic (exact) mass is 376 g/mol. The van der Waals surface area contributed by atoms with Crippen LogP contribution in [0.3, 0.4) is 0 Å². The molecule has 0 atom stereocenters. The number of hydrogen-bond acceptors (Lipinski definition) is 4. The highest BCUT2D eigenvalue weighted by Gasteiger charge is 2.19. The zero-order chi connectivity index (χ0) is 20.3. The number of carbonyl (C=O) groups excluding carboxylic acids is 2. The minimum absolute atomic E-state index is 0.345. The third-order valence-corrected chi connectivity index (χ3v) is 4.88. The number of hydrogen-bond donors (Lipinski definition) is 1. The van der Waals surface area contributed by atoms with Gasteiger partial charge in [-0.3, -0.25) is 9.78 Å². The van der Waals surface area contributed by atoms with Crippen molar-refractivity contribution in [1.82, 2.24) is 4.98 Å². The maximum atomic E-state index is 12.6. The minimum atomic E-state index is -0.538. The Labute approximate surface area is 164 Å². The van der Waals surface area contributed by atoms with Gasteiger partial charge in [0.1, 0.15) is 0 Å². The van der Waals surface area contributed by atoms with Crippen LogP contribution in [0.15, 0.2) is 42.5 Å². The summed E-state index contributed by atoms with van der Waals surface area (Å²) in [5.74, 6) is -0.898. The van der Waals surface area contributed by atoms with Crippen LogP contribution in [0.25, 0.3) is 10.9 Å². The second-order valence-electron chi connectivity index (χ2n) is 6.80. The van der Waals surface area contributed by atoms with Crippen LogP contribution in [0.5, 0.6) is 0 Å². The third kappa shape index (κ3) is 3.88. The molecule has 2 aromatic carbocycles. The molecule has 0 saturated carbocycles. The van der Waals surface area contributed by atoms with E-state index in [9.17, 15) is 9.59 Å². The van der Waals surface area contributed by atoms with Crippen molar-refractivity contribution in [3.8, 4) is 0 Å². The molecule has 0 spiro atoms. The fourth-order valence-corrected chi connectivity index (χ4v) is 3.41. The van der Waals surface area contributed by atoms with Crippen LogP contribution in [0.2, 0.25) is 0 Å². The number of aromatic nitrogens is 1. The lowest BCUT2D eigenvalue weighted by Gasteiger charge is -2.14. The van der Waals surface area contributed by atoms with Gasteiger partial charge >= 0.3 is 5.97 Å². The van der Waals surface area contributed by atoms with Crippen molar-refractivity contribution >= 4 is 28.5 Å². The van der Waals surface area contributed by atoms with Gasteiger partial charge in [0, 0.05) is 11.1 Å². The van der Waals surface area contributed by atoms with Crippen molar-refractivity contribution in [3.05, 3.63) is 70.4 Å². The summed E-state index contributed by atoms with van der Waals surface area (Å²) in [7, 11) is 0. The summed E-state index contributed by atoms with van der Waals surface area (Å²) in [5, 5.41) is 3.76. The Bertz CT molecular complexity index is 1060. The van der Waals surface area contributed by atoms with Crippen LogP contribution in [-0.4, -0.2) is 23.5 Å². The highest BCUT2D eigenvalue weighted by Crippen LogP contribution is 2.24. The van der Waals surface area contributed by atoms with Gasteiger partial charge in [0.05, 0.1) is 16.8 Å². The van der Waals surface area contributed by atoms with E-state index in [0.717, 1.165) is 39.7 Å². The average molecular weight is 376 g/mol. The molecule has 0 saturated heterocycles. The molecular weight excluding hydrogens is 352 g/mol. The van der Waals surface area contributed by atoms with Crippen molar-refractivity contribution in [2.75, 3.05) is 11.9 Å². The summed E-state index contributed by atoms with van der Waals surface area (Å²) in [4.78, 5) is 29.5. The number of nitrogens with one attached hydrogen (secondary N) is 1. The first-order chi connectivity index (χ1) is 13.4. The SMILES string of the molecule is CCc1cccc(C)c1NC(=O)COC(=O)c1c(C)nc2ccccc2c1C. The number of pyridine rings is 1. The van der Waals surface area contributed by atoms with E-state index in [-0.39, 0.29) is 12.5 Å². The van der Waals surface area contributed by atoms with Gasteiger partial charge in [-0.05, 0) is 49.9 Å². The number of rotatable bonds is 5. The Balaban J connectivity index is 1.74. The van der Waals surface area contributed by atoms with E-state index in [1.165, 1.54) is 0 Å². The summed E-state index contributed by atoms with van der Waals surface area (Å²) in [6.07, 6.45) is 0.804. The van der Waals surface area contributed by atoms with E-state index in [0.29, 0.717) is 11.3 Å². The van der Waals surface area contributed by atoms with Gasteiger partial charge in [-0.1, -0.05) is 43.3 Å². The van der Waals surface area contributed by atoms with Crippen molar-refractivity contribution < 1.29 is 14.3 Å². The van der Waals surface area contributed by atoms with Gasteiger partial charge in [-0.15, -0.1) is 0 Å². The van der Waals surface area contributed by atoms with Gasteiger partial charge in [-0.25, -0.2) is 4.79 Å². The molecule has 28 heavy (non-hydrogen) atoms.